The predicted molar refractivity (Wildman–Crippen MR) is 99.7 cm³/mol. The fourth-order valence-corrected chi connectivity index (χ4v) is 3.97. The maximum atomic E-state index is 4.06. The molecule has 1 fully saturated rings. The lowest BCUT2D eigenvalue weighted by molar-refractivity contribution is 0.133. The first-order valence-electron chi connectivity index (χ1n) is 8.43. The lowest BCUT2D eigenvalue weighted by Gasteiger charge is -2.48. The van der Waals surface area contributed by atoms with Gasteiger partial charge in [-0.25, -0.2) is 0 Å². The van der Waals surface area contributed by atoms with Crippen LogP contribution in [0.3, 0.4) is 0 Å². The SMILES string of the molecule is C=C/C(=C/C)C(C)(CC)C1(C)C(=C/C=C/C)/C(=C\C)NC1C. The van der Waals surface area contributed by atoms with Gasteiger partial charge in [0.15, 0.2) is 0 Å². The van der Waals surface area contributed by atoms with Gasteiger partial charge in [0.25, 0.3) is 0 Å². The summed E-state index contributed by atoms with van der Waals surface area (Å²) < 4.78 is 0. The predicted octanol–water partition coefficient (Wildman–Crippen LogP) is 5.94. The van der Waals surface area contributed by atoms with E-state index in [1.807, 2.05) is 6.08 Å². The molecule has 0 bridgehead atoms. The molecule has 22 heavy (non-hydrogen) atoms. The summed E-state index contributed by atoms with van der Waals surface area (Å²) >= 11 is 0. The van der Waals surface area contributed by atoms with Gasteiger partial charge in [-0.15, -0.1) is 0 Å². The molecule has 1 nitrogen and oxygen atoms in total. The first kappa shape index (κ1) is 18.5. The van der Waals surface area contributed by atoms with E-state index in [-0.39, 0.29) is 10.8 Å². The number of hydrogen-bond donors (Lipinski definition) is 1. The van der Waals surface area contributed by atoms with Gasteiger partial charge in [0.05, 0.1) is 0 Å². The van der Waals surface area contributed by atoms with Crippen LogP contribution in [0.25, 0.3) is 0 Å². The maximum Gasteiger partial charge on any atom is 0.0338 e. The zero-order chi connectivity index (χ0) is 17.0. The summed E-state index contributed by atoms with van der Waals surface area (Å²) in [4.78, 5) is 0. The second-order valence-electron chi connectivity index (χ2n) is 6.51. The van der Waals surface area contributed by atoms with E-state index in [0.717, 1.165) is 6.42 Å². The van der Waals surface area contributed by atoms with E-state index in [9.17, 15) is 0 Å². The fourth-order valence-electron chi connectivity index (χ4n) is 3.97. The Morgan fingerprint density at radius 1 is 1.36 bits per heavy atom. The van der Waals surface area contributed by atoms with E-state index < -0.39 is 0 Å². The molecule has 1 saturated heterocycles. The van der Waals surface area contributed by atoms with Gasteiger partial charge in [-0.3, -0.25) is 0 Å². The summed E-state index contributed by atoms with van der Waals surface area (Å²) in [6.45, 7) is 19.7. The van der Waals surface area contributed by atoms with Crippen LogP contribution >= 0.6 is 0 Å². The number of allylic oxidation sites excluding steroid dienone is 8. The first-order chi connectivity index (χ1) is 10.4. The minimum absolute atomic E-state index is 0.0130. The van der Waals surface area contributed by atoms with E-state index in [2.05, 4.69) is 90.7 Å². The highest BCUT2D eigenvalue weighted by atomic mass is 15.0. The van der Waals surface area contributed by atoms with Crippen LogP contribution in [0.4, 0.5) is 0 Å². The van der Waals surface area contributed by atoms with Crippen molar-refractivity contribution >= 4 is 0 Å². The Hall–Kier alpha value is -1.50. The van der Waals surface area contributed by atoms with E-state index in [4.69, 9.17) is 0 Å². The molecule has 1 rings (SSSR count). The summed E-state index contributed by atoms with van der Waals surface area (Å²) in [5.41, 5.74) is 4.03. The van der Waals surface area contributed by atoms with Crippen LogP contribution in [-0.4, -0.2) is 6.04 Å². The fraction of sp³-hybridized carbons (Fsp3) is 0.524. The molecule has 1 aliphatic heterocycles. The standard InChI is InChI=1S/C21H33N/c1-9-14-15-18-19(12-4)22-16(6)21(18,8)20(7,13-5)17(10-2)11-3/h9-12,14-16,22H,2,13H2,1,3-8H3/b14-9+,17-11-,18-15+,19-12+. The van der Waals surface area contributed by atoms with Gasteiger partial charge in [0, 0.05) is 22.6 Å². The molecule has 0 aromatic rings. The van der Waals surface area contributed by atoms with Crippen molar-refractivity contribution in [3.63, 3.8) is 0 Å². The lowest BCUT2D eigenvalue weighted by Crippen LogP contribution is -2.46. The van der Waals surface area contributed by atoms with Crippen LogP contribution < -0.4 is 5.32 Å². The molecule has 0 aliphatic carbocycles. The Morgan fingerprint density at radius 2 is 2.00 bits per heavy atom. The Bertz CT molecular complexity index is 532. The van der Waals surface area contributed by atoms with Gasteiger partial charge in [0.2, 0.25) is 0 Å². The van der Waals surface area contributed by atoms with Crippen LogP contribution in [0.1, 0.15) is 54.9 Å². The molecule has 0 radical (unpaired) electrons. The van der Waals surface area contributed by atoms with Gasteiger partial charge in [-0.2, -0.15) is 0 Å². The Balaban J connectivity index is 3.65. The zero-order valence-corrected chi connectivity index (χ0v) is 15.5. The molecule has 0 amide bonds. The van der Waals surface area contributed by atoms with Crippen molar-refractivity contribution in [2.45, 2.75) is 60.9 Å². The second-order valence-corrected chi connectivity index (χ2v) is 6.51. The van der Waals surface area contributed by atoms with Crippen molar-refractivity contribution in [1.29, 1.82) is 0 Å². The zero-order valence-electron chi connectivity index (χ0n) is 15.5. The molecule has 0 aromatic heterocycles. The summed E-state index contributed by atoms with van der Waals surface area (Å²) in [6.07, 6.45) is 14.0. The van der Waals surface area contributed by atoms with Crippen LogP contribution in [0.2, 0.25) is 0 Å². The largest absolute Gasteiger partial charge is 0.382 e. The van der Waals surface area contributed by atoms with Crippen LogP contribution in [0.5, 0.6) is 0 Å². The first-order valence-corrected chi connectivity index (χ1v) is 8.43. The van der Waals surface area contributed by atoms with Crippen molar-refractivity contribution in [1.82, 2.24) is 5.32 Å². The van der Waals surface area contributed by atoms with Gasteiger partial charge in [-0.05, 0) is 45.3 Å². The van der Waals surface area contributed by atoms with Gasteiger partial charge >= 0.3 is 0 Å². The summed E-state index contributed by atoms with van der Waals surface area (Å²) in [7, 11) is 0. The number of rotatable bonds is 5. The minimum atomic E-state index is 0.0130. The topological polar surface area (TPSA) is 12.0 Å². The monoisotopic (exact) mass is 299 g/mol. The molecule has 0 saturated carbocycles. The molecular formula is C21H33N. The van der Waals surface area contributed by atoms with E-state index in [1.54, 1.807) is 0 Å². The average molecular weight is 300 g/mol. The molecule has 1 heteroatoms. The van der Waals surface area contributed by atoms with Crippen molar-refractivity contribution in [2.75, 3.05) is 0 Å². The van der Waals surface area contributed by atoms with Gasteiger partial charge in [-0.1, -0.05) is 63.8 Å². The van der Waals surface area contributed by atoms with Gasteiger partial charge < -0.3 is 5.32 Å². The molecule has 122 valence electrons. The van der Waals surface area contributed by atoms with Crippen molar-refractivity contribution in [2.24, 2.45) is 10.8 Å². The molecule has 1 heterocycles. The highest BCUT2D eigenvalue weighted by Gasteiger charge is 2.54. The van der Waals surface area contributed by atoms with Gasteiger partial charge in [0.1, 0.15) is 0 Å². The summed E-state index contributed by atoms with van der Waals surface area (Å²) in [6, 6.07) is 0.370. The smallest absolute Gasteiger partial charge is 0.0338 e. The van der Waals surface area contributed by atoms with Crippen LogP contribution in [-0.2, 0) is 0 Å². The summed E-state index contributed by atoms with van der Waals surface area (Å²) in [5.74, 6) is 0. The third kappa shape index (κ3) is 2.62. The quantitative estimate of drug-likeness (QED) is 0.619. The molecule has 3 atom stereocenters. The molecule has 1 N–H and O–H groups in total. The van der Waals surface area contributed by atoms with E-state index >= 15 is 0 Å². The van der Waals surface area contributed by atoms with Crippen LogP contribution in [0.15, 0.2) is 59.9 Å². The lowest BCUT2D eigenvalue weighted by atomic mass is 9.55. The normalized spacial score (nSPS) is 32.5. The average Bonchev–Trinajstić information content (AvgIpc) is 2.78. The third-order valence-corrected chi connectivity index (χ3v) is 5.85. The van der Waals surface area contributed by atoms with Crippen molar-refractivity contribution in [3.05, 3.63) is 59.9 Å². The molecule has 3 unspecified atom stereocenters. The molecular weight excluding hydrogens is 266 g/mol. The number of hydrogen-bond acceptors (Lipinski definition) is 1. The highest BCUT2D eigenvalue weighted by Crippen LogP contribution is 2.58. The minimum Gasteiger partial charge on any atom is -0.382 e. The Morgan fingerprint density at radius 3 is 2.41 bits per heavy atom. The van der Waals surface area contributed by atoms with E-state index in [1.165, 1.54) is 16.8 Å². The van der Waals surface area contributed by atoms with Crippen LogP contribution in [0, 0.1) is 10.8 Å². The molecule has 0 aromatic carbocycles. The van der Waals surface area contributed by atoms with E-state index in [0.29, 0.717) is 6.04 Å². The Labute approximate surface area is 137 Å². The summed E-state index contributed by atoms with van der Waals surface area (Å²) in [5, 5.41) is 3.69. The molecule has 1 aliphatic rings. The third-order valence-electron chi connectivity index (χ3n) is 5.85. The van der Waals surface area contributed by atoms with Crippen molar-refractivity contribution in [3.8, 4) is 0 Å². The Kier molecular flexibility index (Phi) is 6.05. The highest BCUT2D eigenvalue weighted by molar-refractivity contribution is 5.48. The van der Waals surface area contributed by atoms with Crippen molar-refractivity contribution < 1.29 is 0 Å². The number of nitrogens with one attached hydrogen (secondary N) is 1. The maximum absolute atomic E-state index is 4.06. The second kappa shape index (κ2) is 7.17. The molecule has 0 spiro atoms.